The molecule has 0 atom stereocenters. The molecule has 8 nitrogen and oxygen atoms in total. The van der Waals surface area contributed by atoms with Crippen molar-refractivity contribution in [1.29, 1.82) is 0 Å². The molecule has 0 saturated carbocycles. The molecule has 3 rings (SSSR count). The van der Waals surface area contributed by atoms with Crippen LogP contribution in [0.1, 0.15) is 37.0 Å². The van der Waals surface area contributed by atoms with Crippen molar-refractivity contribution in [3.05, 3.63) is 75.2 Å². The third-order valence-electron chi connectivity index (χ3n) is 4.78. The SMILES string of the molecule is CCCCn1c(N)c(N(CC)C(=O)c2cccc(-n3cccc3)c2)c(=O)[nH]c1=O. The van der Waals surface area contributed by atoms with Gasteiger partial charge in [-0.2, -0.15) is 0 Å². The summed E-state index contributed by atoms with van der Waals surface area (Å²) in [5, 5.41) is 0. The summed E-state index contributed by atoms with van der Waals surface area (Å²) in [6, 6.07) is 10.9. The van der Waals surface area contributed by atoms with Crippen LogP contribution in [0.25, 0.3) is 5.69 Å². The van der Waals surface area contributed by atoms with Crippen molar-refractivity contribution in [3.8, 4) is 5.69 Å². The zero-order valence-electron chi connectivity index (χ0n) is 16.6. The van der Waals surface area contributed by atoms with E-state index in [1.807, 2.05) is 42.1 Å². The van der Waals surface area contributed by atoms with Gasteiger partial charge >= 0.3 is 5.69 Å². The second-order valence-corrected chi connectivity index (χ2v) is 6.69. The summed E-state index contributed by atoms with van der Waals surface area (Å²) >= 11 is 0. The van der Waals surface area contributed by atoms with Crippen molar-refractivity contribution < 1.29 is 4.79 Å². The van der Waals surface area contributed by atoms with Crippen molar-refractivity contribution in [2.24, 2.45) is 0 Å². The molecule has 0 bridgehead atoms. The second kappa shape index (κ2) is 8.64. The van der Waals surface area contributed by atoms with Crippen LogP contribution < -0.4 is 21.9 Å². The lowest BCUT2D eigenvalue weighted by Crippen LogP contribution is -2.41. The Bertz CT molecular complexity index is 1110. The molecule has 29 heavy (non-hydrogen) atoms. The molecule has 0 aliphatic carbocycles. The van der Waals surface area contributed by atoms with Gasteiger partial charge in [0.25, 0.3) is 11.5 Å². The van der Waals surface area contributed by atoms with E-state index in [9.17, 15) is 14.4 Å². The smallest absolute Gasteiger partial charge is 0.330 e. The molecule has 0 fully saturated rings. The number of nitrogens with one attached hydrogen (secondary N) is 1. The molecule has 0 spiro atoms. The number of hydrogen-bond acceptors (Lipinski definition) is 4. The molecule has 0 radical (unpaired) electrons. The van der Waals surface area contributed by atoms with Crippen LogP contribution in [0.3, 0.4) is 0 Å². The van der Waals surface area contributed by atoms with E-state index in [4.69, 9.17) is 5.73 Å². The normalized spacial score (nSPS) is 10.8. The number of nitrogens with two attached hydrogens (primary N) is 1. The number of nitrogens with zero attached hydrogens (tertiary/aromatic N) is 3. The van der Waals surface area contributed by atoms with Gasteiger partial charge in [0.05, 0.1) is 0 Å². The minimum absolute atomic E-state index is 0.000398. The van der Waals surface area contributed by atoms with Gasteiger partial charge in [-0.15, -0.1) is 0 Å². The summed E-state index contributed by atoms with van der Waals surface area (Å²) in [6.45, 7) is 4.35. The van der Waals surface area contributed by atoms with Crippen LogP contribution in [0.15, 0.2) is 58.4 Å². The highest BCUT2D eigenvalue weighted by atomic mass is 16.2. The highest BCUT2D eigenvalue weighted by Gasteiger charge is 2.24. The molecule has 0 unspecified atom stereocenters. The molecular weight excluding hydrogens is 370 g/mol. The number of nitrogen functional groups attached to an aromatic ring is 1. The Balaban J connectivity index is 2.04. The lowest BCUT2D eigenvalue weighted by molar-refractivity contribution is 0.0988. The minimum atomic E-state index is -0.669. The highest BCUT2D eigenvalue weighted by molar-refractivity contribution is 6.07. The first kappa shape index (κ1) is 20.2. The third kappa shape index (κ3) is 4.01. The molecule has 1 aromatic carbocycles. The Labute approximate surface area is 168 Å². The number of aromatic nitrogens is 3. The van der Waals surface area contributed by atoms with Crippen LogP contribution >= 0.6 is 0 Å². The molecular formula is C21H25N5O3. The fourth-order valence-electron chi connectivity index (χ4n) is 3.24. The number of amides is 1. The zero-order chi connectivity index (χ0) is 21.0. The van der Waals surface area contributed by atoms with E-state index in [0.29, 0.717) is 12.1 Å². The number of unbranched alkanes of at least 4 members (excludes halogenated alkanes) is 1. The van der Waals surface area contributed by atoms with Crippen molar-refractivity contribution in [2.45, 2.75) is 33.2 Å². The fraction of sp³-hybridized carbons (Fsp3) is 0.286. The van der Waals surface area contributed by atoms with Gasteiger partial charge in [-0.05, 0) is 43.7 Å². The Morgan fingerprint density at radius 3 is 2.52 bits per heavy atom. The molecule has 8 heteroatoms. The van der Waals surface area contributed by atoms with Crippen LogP contribution in [0.2, 0.25) is 0 Å². The predicted octanol–water partition coefficient (Wildman–Crippen LogP) is 2.38. The van der Waals surface area contributed by atoms with Crippen molar-refractivity contribution in [2.75, 3.05) is 17.2 Å². The van der Waals surface area contributed by atoms with Crippen LogP contribution in [-0.2, 0) is 6.54 Å². The Morgan fingerprint density at radius 1 is 1.14 bits per heavy atom. The Kier molecular flexibility index (Phi) is 6.01. The summed E-state index contributed by atoms with van der Waals surface area (Å²) in [7, 11) is 0. The topological polar surface area (TPSA) is 106 Å². The van der Waals surface area contributed by atoms with Gasteiger partial charge in [0, 0.05) is 36.7 Å². The number of hydrogen-bond donors (Lipinski definition) is 2. The first-order valence-electron chi connectivity index (χ1n) is 9.65. The van der Waals surface area contributed by atoms with Gasteiger partial charge in [-0.1, -0.05) is 19.4 Å². The number of benzene rings is 1. The van der Waals surface area contributed by atoms with Crippen molar-refractivity contribution in [1.82, 2.24) is 14.1 Å². The quantitative estimate of drug-likeness (QED) is 0.640. The van der Waals surface area contributed by atoms with E-state index in [1.54, 1.807) is 25.1 Å². The zero-order valence-corrected chi connectivity index (χ0v) is 16.6. The van der Waals surface area contributed by atoms with E-state index in [1.165, 1.54) is 9.47 Å². The predicted molar refractivity (Wildman–Crippen MR) is 114 cm³/mol. The molecule has 0 aliphatic rings. The maximum Gasteiger partial charge on any atom is 0.330 e. The molecule has 1 amide bonds. The van der Waals surface area contributed by atoms with Gasteiger partial charge in [0.1, 0.15) is 5.82 Å². The monoisotopic (exact) mass is 395 g/mol. The maximum atomic E-state index is 13.2. The lowest BCUT2D eigenvalue weighted by Gasteiger charge is -2.23. The standard InChI is InChI=1S/C21H25N5O3/c1-3-5-13-26-18(22)17(19(27)23-21(26)29)25(4-2)20(28)15-9-8-10-16(14-15)24-11-6-7-12-24/h6-12,14H,3-5,13,22H2,1-2H3,(H,23,27,29). The maximum absolute atomic E-state index is 13.2. The van der Waals surface area contributed by atoms with E-state index >= 15 is 0 Å². The minimum Gasteiger partial charge on any atom is -0.383 e. The number of aromatic amines is 1. The summed E-state index contributed by atoms with van der Waals surface area (Å²) in [4.78, 5) is 41.5. The fourth-order valence-corrected chi connectivity index (χ4v) is 3.24. The second-order valence-electron chi connectivity index (χ2n) is 6.69. The number of rotatable bonds is 7. The summed E-state index contributed by atoms with van der Waals surface area (Å²) in [6.07, 6.45) is 5.36. The molecule has 2 aromatic heterocycles. The number of anilines is 2. The van der Waals surface area contributed by atoms with E-state index in [-0.39, 0.29) is 24.0 Å². The first-order valence-corrected chi connectivity index (χ1v) is 9.65. The molecule has 3 N–H and O–H groups in total. The Morgan fingerprint density at radius 2 is 1.86 bits per heavy atom. The van der Waals surface area contributed by atoms with Gasteiger partial charge in [-0.3, -0.25) is 19.1 Å². The van der Waals surface area contributed by atoms with E-state index in [2.05, 4.69) is 4.98 Å². The van der Waals surface area contributed by atoms with Gasteiger partial charge < -0.3 is 15.2 Å². The van der Waals surface area contributed by atoms with E-state index in [0.717, 1.165) is 18.5 Å². The molecule has 0 aliphatic heterocycles. The van der Waals surface area contributed by atoms with Crippen LogP contribution in [0, 0.1) is 0 Å². The van der Waals surface area contributed by atoms with Gasteiger partial charge in [0.15, 0.2) is 5.69 Å². The van der Waals surface area contributed by atoms with Gasteiger partial charge in [-0.25, -0.2) is 4.79 Å². The average molecular weight is 395 g/mol. The molecule has 0 saturated heterocycles. The highest BCUT2D eigenvalue weighted by Crippen LogP contribution is 2.21. The van der Waals surface area contributed by atoms with Crippen LogP contribution in [0.5, 0.6) is 0 Å². The molecule has 3 aromatic rings. The Hall–Kier alpha value is -3.55. The lowest BCUT2D eigenvalue weighted by atomic mass is 10.1. The number of carbonyl (C=O) groups excluding carboxylic acids is 1. The number of H-pyrrole nitrogens is 1. The van der Waals surface area contributed by atoms with Crippen LogP contribution in [-0.4, -0.2) is 26.6 Å². The van der Waals surface area contributed by atoms with Crippen molar-refractivity contribution in [3.63, 3.8) is 0 Å². The van der Waals surface area contributed by atoms with Crippen molar-refractivity contribution >= 4 is 17.4 Å². The van der Waals surface area contributed by atoms with E-state index < -0.39 is 11.2 Å². The molecule has 152 valence electrons. The van der Waals surface area contributed by atoms with Gasteiger partial charge in [0.2, 0.25) is 0 Å². The summed E-state index contributed by atoms with van der Waals surface area (Å²) in [5.74, 6) is -0.358. The number of carbonyl (C=O) groups is 1. The summed E-state index contributed by atoms with van der Waals surface area (Å²) in [5.41, 5.74) is 6.18. The molecule has 2 heterocycles. The third-order valence-corrected chi connectivity index (χ3v) is 4.78. The largest absolute Gasteiger partial charge is 0.383 e. The average Bonchev–Trinajstić information content (AvgIpc) is 3.25. The van der Waals surface area contributed by atoms with Crippen LogP contribution in [0.4, 0.5) is 11.5 Å². The first-order chi connectivity index (χ1) is 14.0. The summed E-state index contributed by atoms with van der Waals surface area (Å²) < 4.78 is 3.20.